The van der Waals surface area contributed by atoms with Crippen LogP contribution in [0.1, 0.15) is 24.3 Å². The van der Waals surface area contributed by atoms with E-state index in [0.717, 1.165) is 6.07 Å². The van der Waals surface area contributed by atoms with E-state index in [-0.39, 0.29) is 17.4 Å². The Labute approximate surface area is 102 Å². The molecule has 0 radical (unpaired) electrons. The number of alkyl halides is 3. The van der Waals surface area contributed by atoms with Crippen molar-refractivity contribution in [3.63, 3.8) is 0 Å². The van der Waals surface area contributed by atoms with Crippen molar-refractivity contribution < 1.29 is 27.8 Å². The molecule has 1 heterocycles. The molecule has 1 N–H and O–H groups in total. The summed E-state index contributed by atoms with van der Waals surface area (Å²) in [7, 11) is 0. The van der Waals surface area contributed by atoms with Crippen LogP contribution in [0.2, 0.25) is 0 Å². The molecule has 1 aromatic rings. The highest BCUT2D eigenvalue weighted by Gasteiger charge is 2.31. The van der Waals surface area contributed by atoms with Crippen molar-refractivity contribution in [2.24, 2.45) is 0 Å². The van der Waals surface area contributed by atoms with E-state index in [1.54, 1.807) is 0 Å². The zero-order valence-electron chi connectivity index (χ0n) is 9.54. The zero-order chi connectivity index (χ0) is 13.2. The average molecular weight is 262 g/mol. The lowest BCUT2D eigenvalue weighted by Gasteiger charge is -2.23. The van der Waals surface area contributed by atoms with Crippen molar-refractivity contribution in [3.8, 4) is 11.5 Å². The molecule has 1 aliphatic heterocycles. The highest BCUT2D eigenvalue weighted by atomic mass is 19.4. The van der Waals surface area contributed by atoms with E-state index in [4.69, 9.17) is 4.74 Å². The number of hydrogen-bond donors (Lipinski definition) is 1. The lowest BCUT2D eigenvalue weighted by atomic mass is 9.91. The van der Waals surface area contributed by atoms with Crippen LogP contribution in [0, 0.1) is 0 Å². The normalized spacial score (nSPS) is 17.7. The van der Waals surface area contributed by atoms with Crippen LogP contribution in [0.25, 0.3) is 0 Å². The molecular formula is C12H13F3O3. The summed E-state index contributed by atoms with van der Waals surface area (Å²) in [6.45, 7) is 1.10. The zero-order valence-corrected chi connectivity index (χ0v) is 9.54. The maximum absolute atomic E-state index is 12.1. The Hall–Kier alpha value is -1.43. The first-order valence-corrected chi connectivity index (χ1v) is 5.62. The molecule has 0 aliphatic carbocycles. The Bertz CT molecular complexity index is 412. The SMILES string of the molecule is Oc1ccc(OC(F)(F)F)cc1C1CCOCC1. The van der Waals surface area contributed by atoms with Crippen LogP contribution in [0.3, 0.4) is 0 Å². The number of benzene rings is 1. The summed E-state index contributed by atoms with van der Waals surface area (Å²) in [4.78, 5) is 0. The molecule has 0 amide bonds. The van der Waals surface area contributed by atoms with E-state index in [1.165, 1.54) is 12.1 Å². The molecule has 0 aromatic heterocycles. The summed E-state index contributed by atoms with van der Waals surface area (Å²) in [6, 6.07) is 3.58. The van der Waals surface area contributed by atoms with Crippen molar-refractivity contribution in [3.05, 3.63) is 23.8 Å². The standard InChI is InChI=1S/C12H13F3O3/c13-12(14,15)18-9-1-2-11(16)10(7-9)8-3-5-17-6-4-8/h1-2,7-8,16H,3-6H2. The van der Waals surface area contributed by atoms with E-state index >= 15 is 0 Å². The van der Waals surface area contributed by atoms with Crippen LogP contribution >= 0.6 is 0 Å². The van der Waals surface area contributed by atoms with Gasteiger partial charge in [0, 0.05) is 18.8 Å². The molecular weight excluding hydrogens is 249 g/mol. The smallest absolute Gasteiger partial charge is 0.508 e. The van der Waals surface area contributed by atoms with Gasteiger partial charge in [0.25, 0.3) is 0 Å². The van der Waals surface area contributed by atoms with E-state index in [1.807, 2.05) is 0 Å². The second-order valence-electron chi connectivity index (χ2n) is 4.16. The predicted molar refractivity (Wildman–Crippen MR) is 57.6 cm³/mol. The number of aromatic hydroxyl groups is 1. The fourth-order valence-electron chi connectivity index (χ4n) is 2.07. The monoisotopic (exact) mass is 262 g/mol. The molecule has 3 nitrogen and oxygen atoms in total. The molecule has 0 spiro atoms. The Kier molecular flexibility index (Phi) is 3.65. The second kappa shape index (κ2) is 5.06. The van der Waals surface area contributed by atoms with E-state index in [2.05, 4.69) is 4.74 Å². The molecule has 2 rings (SSSR count). The van der Waals surface area contributed by atoms with Gasteiger partial charge in [-0.15, -0.1) is 13.2 Å². The fraction of sp³-hybridized carbons (Fsp3) is 0.500. The summed E-state index contributed by atoms with van der Waals surface area (Å²) in [5.41, 5.74) is 0.486. The molecule has 18 heavy (non-hydrogen) atoms. The van der Waals surface area contributed by atoms with E-state index in [0.29, 0.717) is 31.6 Å². The molecule has 100 valence electrons. The molecule has 0 saturated carbocycles. The number of phenolic OH excluding ortho intramolecular Hbond substituents is 1. The highest BCUT2D eigenvalue weighted by Crippen LogP contribution is 2.36. The van der Waals surface area contributed by atoms with Gasteiger partial charge in [0.05, 0.1) is 0 Å². The van der Waals surface area contributed by atoms with E-state index < -0.39 is 6.36 Å². The van der Waals surface area contributed by atoms with Gasteiger partial charge in [-0.1, -0.05) is 0 Å². The summed E-state index contributed by atoms with van der Waals surface area (Å²) in [5, 5.41) is 9.71. The molecule has 0 atom stereocenters. The van der Waals surface area contributed by atoms with Crippen molar-refractivity contribution in [1.82, 2.24) is 0 Å². The second-order valence-corrected chi connectivity index (χ2v) is 4.16. The van der Waals surface area contributed by atoms with Crippen molar-refractivity contribution in [2.75, 3.05) is 13.2 Å². The van der Waals surface area contributed by atoms with Crippen LogP contribution in [-0.2, 0) is 4.74 Å². The number of phenols is 1. The van der Waals surface area contributed by atoms with Gasteiger partial charge in [-0.2, -0.15) is 0 Å². The van der Waals surface area contributed by atoms with Crippen molar-refractivity contribution in [2.45, 2.75) is 25.1 Å². The molecule has 1 fully saturated rings. The maximum atomic E-state index is 12.1. The summed E-state index contributed by atoms with van der Waals surface area (Å²) in [6.07, 6.45) is -3.35. The largest absolute Gasteiger partial charge is 0.573 e. The lowest BCUT2D eigenvalue weighted by Crippen LogP contribution is -2.18. The molecule has 0 bridgehead atoms. The Morgan fingerprint density at radius 3 is 2.50 bits per heavy atom. The van der Waals surface area contributed by atoms with Gasteiger partial charge in [-0.25, -0.2) is 0 Å². The average Bonchev–Trinajstić information content (AvgIpc) is 2.31. The topological polar surface area (TPSA) is 38.7 Å². The Balaban J connectivity index is 2.20. The first kappa shape index (κ1) is 13.0. The van der Waals surface area contributed by atoms with E-state index in [9.17, 15) is 18.3 Å². The van der Waals surface area contributed by atoms with Crippen LogP contribution in [0.15, 0.2) is 18.2 Å². The number of hydrogen-bond acceptors (Lipinski definition) is 3. The van der Waals surface area contributed by atoms with Crippen LogP contribution < -0.4 is 4.74 Å². The number of halogens is 3. The van der Waals surface area contributed by atoms with Gasteiger partial charge < -0.3 is 14.6 Å². The minimum atomic E-state index is -4.72. The third-order valence-electron chi connectivity index (χ3n) is 2.89. The van der Waals surface area contributed by atoms with Crippen LogP contribution in [0.5, 0.6) is 11.5 Å². The predicted octanol–water partition coefficient (Wildman–Crippen LogP) is 3.18. The van der Waals surface area contributed by atoms with Crippen LogP contribution in [-0.4, -0.2) is 24.7 Å². The highest BCUT2D eigenvalue weighted by molar-refractivity contribution is 5.41. The van der Waals surface area contributed by atoms with Gasteiger partial charge in [-0.05, 0) is 37.0 Å². The first-order valence-electron chi connectivity index (χ1n) is 5.62. The van der Waals surface area contributed by atoms with Gasteiger partial charge >= 0.3 is 6.36 Å². The van der Waals surface area contributed by atoms with Gasteiger partial charge in [0.2, 0.25) is 0 Å². The van der Waals surface area contributed by atoms with Gasteiger partial charge in [-0.3, -0.25) is 0 Å². The molecule has 0 unspecified atom stereocenters. The van der Waals surface area contributed by atoms with Gasteiger partial charge in [0.15, 0.2) is 0 Å². The third kappa shape index (κ3) is 3.29. The van der Waals surface area contributed by atoms with Crippen molar-refractivity contribution in [1.29, 1.82) is 0 Å². The summed E-state index contributed by atoms with van der Waals surface area (Å²) in [5.74, 6) is -0.297. The van der Waals surface area contributed by atoms with Crippen LogP contribution in [0.4, 0.5) is 13.2 Å². The van der Waals surface area contributed by atoms with Gasteiger partial charge in [0.1, 0.15) is 11.5 Å². The quantitative estimate of drug-likeness (QED) is 0.889. The molecule has 6 heteroatoms. The Morgan fingerprint density at radius 1 is 1.22 bits per heavy atom. The first-order chi connectivity index (χ1) is 8.46. The molecule has 1 aromatic carbocycles. The summed E-state index contributed by atoms with van der Waals surface area (Å²) >= 11 is 0. The van der Waals surface area contributed by atoms with Crippen molar-refractivity contribution >= 4 is 0 Å². The minimum absolute atomic E-state index is 0.00331. The lowest BCUT2D eigenvalue weighted by molar-refractivity contribution is -0.274. The molecule has 1 aliphatic rings. The Morgan fingerprint density at radius 2 is 1.89 bits per heavy atom. The number of rotatable bonds is 2. The maximum Gasteiger partial charge on any atom is 0.573 e. The third-order valence-corrected chi connectivity index (χ3v) is 2.89. The molecule has 1 saturated heterocycles. The minimum Gasteiger partial charge on any atom is -0.508 e. The summed E-state index contributed by atoms with van der Waals surface area (Å²) < 4.78 is 45.4. The fourth-order valence-corrected chi connectivity index (χ4v) is 2.07. The number of ether oxygens (including phenoxy) is 2.